The maximum atomic E-state index is 12.0. The highest BCUT2D eigenvalue weighted by Gasteiger charge is 2.79. The molecule has 0 aromatic rings. The van der Waals surface area contributed by atoms with E-state index >= 15 is 0 Å². The predicted octanol–water partition coefficient (Wildman–Crippen LogP) is 0.450. The minimum absolute atomic E-state index is 0.0624. The van der Waals surface area contributed by atoms with Crippen LogP contribution in [-0.4, -0.2) is 41.8 Å². The fourth-order valence-electron chi connectivity index (χ4n) is 3.34. The molecule has 5 atom stereocenters. The van der Waals surface area contributed by atoms with Crippen molar-refractivity contribution in [1.29, 1.82) is 0 Å². The summed E-state index contributed by atoms with van der Waals surface area (Å²) in [7, 11) is 0. The number of aliphatic hydroxyl groups excluding tert-OH is 1. The van der Waals surface area contributed by atoms with Gasteiger partial charge in [0.2, 0.25) is 0 Å². The topological polar surface area (TPSA) is 65.0 Å². The van der Waals surface area contributed by atoms with Crippen LogP contribution in [0.5, 0.6) is 0 Å². The molecular formula is C12H18O5. The second-order valence-electron chi connectivity index (χ2n) is 5.58. The van der Waals surface area contributed by atoms with Crippen LogP contribution in [0, 0.1) is 11.3 Å². The molecule has 3 fully saturated rings. The fourth-order valence-corrected chi connectivity index (χ4v) is 3.34. The lowest BCUT2D eigenvalue weighted by Crippen LogP contribution is -2.37. The van der Waals surface area contributed by atoms with Gasteiger partial charge in [-0.05, 0) is 27.2 Å². The molecule has 2 aliphatic carbocycles. The third-order valence-electron chi connectivity index (χ3n) is 4.10. The third kappa shape index (κ3) is 1.33. The lowest BCUT2D eigenvalue weighted by atomic mass is 10.00. The zero-order valence-electron chi connectivity index (χ0n) is 10.3. The number of ether oxygens (including phenoxy) is 3. The van der Waals surface area contributed by atoms with Crippen LogP contribution < -0.4 is 0 Å². The first-order chi connectivity index (χ1) is 7.92. The number of carbonyl (C=O) groups is 1. The first-order valence-corrected chi connectivity index (χ1v) is 6.13. The molecule has 0 spiro atoms. The van der Waals surface area contributed by atoms with E-state index in [2.05, 4.69) is 0 Å². The van der Waals surface area contributed by atoms with Crippen molar-refractivity contribution in [2.75, 3.05) is 6.61 Å². The van der Waals surface area contributed by atoms with Crippen LogP contribution in [0.1, 0.15) is 27.2 Å². The predicted molar refractivity (Wildman–Crippen MR) is 57.0 cm³/mol. The van der Waals surface area contributed by atoms with E-state index in [1.54, 1.807) is 20.8 Å². The number of rotatable bonds is 2. The molecule has 0 bridgehead atoms. The molecule has 1 aliphatic heterocycles. The van der Waals surface area contributed by atoms with Gasteiger partial charge in [-0.2, -0.15) is 0 Å². The number of hydrogen-bond donors (Lipinski definition) is 1. The van der Waals surface area contributed by atoms with Crippen LogP contribution in [0.25, 0.3) is 0 Å². The van der Waals surface area contributed by atoms with Crippen LogP contribution in [0.4, 0.5) is 0 Å². The van der Waals surface area contributed by atoms with Gasteiger partial charge in [0, 0.05) is 5.92 Å². The van der Waals surface area contributed by atoms with Gasteiger partial charge in [0.25, 0.3) is 0 Å². The lowest BCUT2D eigenvalue weighted by Gasteiger charge is -2.21. The standard InChI is InChI=1S/C12H18O5/c1-4-15-10(14)12-5-6(12)7(13)8-9(12)17-11(2,3)16-8/h6-9,13H,4-5H2,1-3H3/t6?,7?,8-,9-,12+/m0/s1. The van der Waals surface area contributed by atoms with Crippen LogP contribution in [0.15, 0.2) is 0 Å². The first kappa shape index (κ1) is 11.4. The average Bonchev–Trinajstić information content (AvgIpc) is 2.85. The van der Waals surface area contributed by atoms with Gasteiger partial charge < -0.3 is 19.3 Å². The molecule has 1 saturated heterocycles. The minimum Gasteiger partial charge on any atom is -0.465 e. The highest BCUT2D eigenvalue weighted by Crippen LogP contribution is 2.68. The Morgan fingerprint density at radius 1 is 1.47 bits per heavy atom. The van der Waals surface area contributed by atoms with E-state index in [0.717, 1.165) is 0 Å². The van der Waals surface area contributed by atoms with E-state index < -0.39 is 23.4 Å². The maximum absolute atomic E-state index is 12.0. The number of esters is 1. The third-order valence-corrected chi connectivity index (χ3v) is 4.10. The van der Waals surface area contributed by atoms with Crippen LogP contribution in [-0.2, 0) is 19.0 Å². The molecule has 17 heavy (non-hydrogen) atoms. The summed E-state index contributed by atoms with van der Waals surface area (Å²) in [5.41, 5.74) is -0.659. The van der Waals surface area contributed by atoms with Crippen molar-refractivity contribution in [3.8, 4) is 0 Å². The molecule has 5 heteroatoms. The van der Waals surface area contributed by atoms with Gasteiger partial charge in [-0.15, -0.1) is 0 Å². The SMILES string of the molecule is CCOC(=O)[C@]12CC1C(O)[C@@H]1OC(C)(C)O[C@@H]12. The molecule has 3 aliphatic rings. The van der Waals surface area contributed by atoms with E-state index in [1.807, 2.05) is 0 Å². The van der Waals surface area contributed by atoms with Crippen molar-refractivity contribution in [2.24, 2.45) is 11.3 Å². The van der Waals surface area contributed by atoms with Gasteiger partial charge in [0.05, 0.1) is 12.7 Å². The molecule has 0 radical (unpaired) electrons. The molecule has 3 rings (SSSR count). The summed E-state index contributed by atoms with van der Waals surface area (Å²) in [5.74, 6) is -1.05. The smallest absolute Gasteiger partial charge is 0.315 e. The van der Waals surface area contributed by atoms with Crippen molar-refractivity contribution in [3.05, 3.63) is 0 Å². The Balaban J connectivity index is 1.87. The summed E-state index contributed by atoms with van der Waals surface area (Å²) >= 11 is 0. The first-order valence-electron chi connectivity index (χ1n) is 6.13. The van der Waals surface area contributed by atoms with E-state index in [9.17, 15) is 9.90 Å². The quantitative estimate of drug-likeness (QED) is 0.712. The summed E-state index contributed by atoms with van der Waals surface area (Å²) in [4.78, 5) is 12.0. The highest BCUT2D eigenvalue weighted by molar-refractivity contribution is 5.83. The fraction of sp³-hybridized carbons (Fsp3) is 0.917. The van der Waals surface area contributed by atoms with E-state index in [-0.39, 0.29) is 18.0 Å². The Morgan fingerprint density at radius 2 is 2.18 bits per heavy atom. The molecule has 0 amide bonds. The average molecular weight is 242 g/mol. The zero-order chi connectivity index (χ0) is 12.4. The second kappa shape index (κ2) is 3.22. The molecule has 1 heterocycles. The largest absolute Gasteiger partial charge is 0.465 e. The van der Waals surface area contributed by atoms with E-state index in [0.29, 0.717) is 13.0 Å². The monoisotopic (exact) mass is 242 g/mol. The van der Waals surface area contributed by atoms with E-state index in [1.165, 1.54) is 0 Å². The van der Waals surface area contributed by atoms with Crippen molar-refractivity contribution in [1.82, 2.24) is 0 Å². The lowest BCUT2D eigenvalue weighted by molar-refractivity contribution is -0.176. The van der Waals surface area contributed by atoms with E-state index in [4.69, 9.17) is 14.2 Å². The molecule has 1 N–H and O–H groups in total. The van der Waals surface area contributed by atoms with Crippen LogP contribution in [0.3, 0.4) is 0 Å². The Kier molecular flexibility index (Phi) is 2.16. The van der Waals surface area contributed by atoms with Gasteiger partial charge >= 0.3 is 5.97 Å². The molecule has 0 aromatic heterocycles. The van der Waals surface area contributed by atoms with Gasteiger partial charge in [0.15, 0.2) is 5.79 Å². The normalized spacial score (nSPS) is 49.6. The van der Waals surface area contributed by atoms with Gasteiger partial charge in [-0.25, -0.2) is 0 Å². The summed E-state index contributed by atoms with van der Waals surface area (Å²) < 4.78 is 16.6. The van der Waals surface area contributed by atoms with Crippen molar-refractivity contribution in [3.63, 3.8) is 0 Å². The number of carbonyl (C=O) groups excluding carboxylic acids is 1. The summed E-state index contributed by atoms with van der Waals surface area (Å²) in [6, 6.07) is 0. The molecule has 0 aromatic carbocycles. The summed E-state index contributed by atoms with van der Waals surface area (Å²) in [5, 5.41) is 10.1. The molecule has 96 valence electrons. The number of fused-ring (bicyclic) bond motifs is 3. The van der Waals surface area contributed by atoms with Crippen molar-refractivity contribution < 1.29 is 24.1 Å². The van der Waals surface area contributed by atoms with Crippen molar-refractivity contribution >= 4 is 5.97 Å². The summed E-state index contributed by atoms with van der Waals surface area (Å²) in [6.07, 6.45) is -0.732. The number of aliphatic hydroxyl groups is 1. The molecular weight excluding hydrogens is 224 g/mol. The highest BCUT2D eigenvalue weighted by atomic mass is 16.8. The van der Waals surface area contributed by atoms with Crippen LogP contribution >= 0.6 is 0 Å². The van der Waals surface area contributed by atoms with Crippen LogP contribution in [0.2, 0.25) is 0 Å². The van der Waals surface area contributed by atoms with Gasteiger partial charge in [-0.3, -0.25) is 4.79 Å². The minimum atomic E-state index is -0.733. The molecule has 5 nitrogen and oxygen atoms in total. The Morgan fingerprint density at radius 3 is 2.82 bits per heavy atom. The Hall–Kier alpha value is -0.650. The van der Waals surface area contributed by atoms with Gasteiger partial charge in [-0.1, -0.05) is 0 Å². The zero-order valence-corrected chi connectivity index (χ0v) is 10.3. The summed E-state index contributed by atoms with van der Waals surface area (Å²) in [6.45, 7) is 5.73. The van der Waals surface area contributed by atoms with Gasteiger partial charge in [0.1, 0.15) is 17.6 Å². The number of hydrogen-bond acceptors (Lipinski definition) is 5. The Labute approximate surface area is 100 Å². The molecule has 2 unspecified atom stereocenters. The molecule has 2 saturated carbocycles. The van der Waals surface area contributed by atoms with Crippen molar-refractivity contribution in [2.45, 2.75) is 51.3 Å². The maximum Gasteiger partial charge on any atom is 0.315 e. The second-order valence-corrected chi connectivity index (χ2v) is 5.58. The Bertz CT molecular complexity index is 366.